The summed E-state index contributed by atoms with van der Waals surface area (Å²) in [5, 5.41) is 5.92. The van der Waals surface area contributed by atoms with Crippen molar-refractivity contribution in [2.45, 2.75) is 58.8 Å². The molecule has 0 spiro atoms. The summed E-state index contributed by atoms with van der Waals surface area (Å²) >= 11 is 0. The first-order valence-electron chi connectivity index (χ1n) is 7.08. The summed E-state index contributed by atoms with van der Waals surface area (Å²) in [4.78, 5) is 23.6. The predicted molar refractivity (Wildman–Crippen MR) is 75.4 cm³/mol. The molecule has 0 aromatic heterocycles. The minimum absolute atomic E-state index is 0.122. The van der Waals surface area contributed by atoms with E-state index in [0.717, 1.165) is 0 Å². The van der Waals surface area contributed by atoms with Crippen LogP contribution in [0.15, 0.2) is 0 Å². The van der Waals surface area contributed by atoms with Gasteiger partial charge in [-0.25, -0.2) is 4.79 Å². The van der Waals surface area contributed by atoms with Crippen LogP contribution in [0.5, 0.6) is 0 Å². The number of alkyl carbamates (subject to hydrolysis) is 1. The van der Waals surface area contributed by atoms with Gasteiger partial charge in [0, 0.05) is 19.1 Å². The standard InChI is InChI=1S/C14H26N2O4/c1-9(2)19-12(17)10-6-11(8-15-7-10)16-13(18)20-14(3,4)5/h9-11,15H,6-8H2,1-5H3,(H,16,18)/t10-,11+/m1/s1. The molecule has 2 atom stereocenters. The molecule has 0 radical (unpaired) electrons. The van der Waals surface area contributed by atoms with Crippen LogP contribution in [0.1, 0.15) is 41.0 Å². The number of nitrogens with one attached hydrogen (secondary N) is 2. The van der Waals surface area contributed by atoms with Gasteiger partial charge in [0.05, 0.1) is 12.0 Å². The van der Waals surface area contributed by atoms with E-state index in [9.17, 15) is 9.59 Å². The maximum atomic E-state index is 11.9. The van der Waals surface area contributed by atoms with Crippen LogP contribution in [0, 0.1) is 5.92 Å². The zero-order valence-electron chi connectivity index (χ0n) is 13.0. The fourth-order valence-corrected chi connectivity index (χ4v) is 2.03. The van der Waals surface area contributed by atoms with E-state index >= 15 is 0 Å². The lowest BCUT2D eigenvalue weighted by molar-refractivity contribution is -0.153. The fourth-order valence-electron chi connectivity index (χ4n) is 2.03. The third-order valence-electron chi connectivity index (χ3n) is 2.76. The van der Waals surface area contributed by atoms with Gasteiger partial charge in [-0.1, -0.05) is 0 Å². The average molecular weight is 286 g/mol. The van der Waals surface area contributed by atoms with Crippen LogP contribution < -0.4 is 10.6 Å². The summed E-state index contributed by atoms with van der Waals surface area (Å²) in [6.07, 6.45) is -0.0125. The molecule has 1 fully saturated rings. The molecule has 6 heteroatoms. The Morgan fingerprint density at radius 3 is 2.45 bits per heavy atom. The highest BCUT2D eigenvalue weighted by molar-refractivity contribution is 5.73. The molecule has 2 N–H and O–H groups in total. The first-order valence-corrected chi connectivity index (χ1v) is 7.08. The van der Waals surface area contributed by atoms with Crippen molar-refractivity contribution >= 4 is 12.1 Å². The van der Waals surface area contributed by atoms with Crippen LogP contribution in [0.4, 0.5) is 4.79 Å². The summed E-state index contributed by atoms with van der Waals surface area (Å²) in [6.45, 7) is 10.3. The molecule has 1 saturated heterocycles. The second kappa shape index (κ2) is 6.92. The molecule has 1 heterocycles. The quantitative estimate of drug-likeness (QED) is 0.768. The van der Waals surface area contributed by atoms with E-state index in [4.69, 9.17) is 9.47 Å². The Labute approximate surface area is 120 Å². The largest absolute Gasteiger partial charge is 0.463 e. The second-order valence-corrected chi connectivity index (χ2v) is 6.42. The van der Waals surface area contributed by atoms with Gasteiger partial charge >= 0.3 is 12.1 Å². The summed E-state index contributed by atoms with van der Waals surface area (Å²) < 4.78 is 10.4. The maximum absolute atomic E-state index is 11.9. The van der Waals surface area contributed by atoms with E-state index < -0.39 is 11.7 Å². The Kier molecular flexibility index (Phi) is 5.80. The highest BCUT2D eigenvalue weighted by Gasteiger charge is 2.30. The van der Waals surface area contributed by atoms with Gasteiger partial charge in [0.1, 0.15) is 5.60 Å². The summed E-state index contributed by atoms with van der Waals surface area (Å²) in [5.74, 6) is -0.450. The van der Waals surface area contributed by atoms with Crippen molar-refractivity contribution in [3.63, 3.8) is 0 Å². The van der Waals surface area contributed by atoms with Gasteiger partial charge in [-0.3, -0.25) is 4.79 Å². The smallest absolute Gasteiger partial charge is 0.407 e. The van der Waals surface area contributed by atoms with E-state index in [0.29, 0.717) is 19.5 Å². The van der Waals surface area contributed by atoms with E-state index in [1.54, 1.807) is 0 Å². The molecular weight excluding hydrogens is 260 g/mol. The number of piperidine rings is 1. The molecule has 116 valence electrons. The highest BCUT2D eigenvalue weighted by atomic mass is 16.6. The van der Waals surface area contributed by atoms with E-state index in [-0.39, 0.29) is 24.0 Å². The van der Waals surface area contributed by atoms with Crippen molar-refractivity contribution in [2.75, 3.05) is 13.1 Å². The van der Waals surface area contributed by atoms with Crippen LogP contribution in [-0.4, -0.2) is 42.9 Å². The number of carbonyl (C=O) groups is 2. The van der Waals surface area contributed by atoms with Crippen molar-refractivity contribution in [3.8, 4) is 0 Å². The van der Waals surface area contributed by atoms with Gasteiger partial charge in [0.15, 0.2) is 0 Å². The topological polar surface area (TPSA) is 76.7 Å². The van der Waals surface area contributed by atoms with Crippen molar-refractivity contribution < 1.29 is 19.1 Å². The molecule has 1 amide bonds. The number of hydrogen-bond acceptors (Lipinski definition) is 5. The summed E-state index contributed by atoms with van der Waals surface area (Å²) in [5.41, 5.74) is -0.526. The first kappa shape index (κ1) is 16.8. The van der Waals surface area contributed by atoms with Gasteiger partial charge in [-0.2, -0.15) is 0 Å². The molecule has 0 bridgehead atoms. The molecule has 1 aliphatic heterocycles. The van der Waals surface area contributed by atoms with Crippen LogP contribution in [0.3, 0.4) is 0 Å². The third kappa shape index (κ3) is 6.23. The molecular formula is C14H26N2O4. The van der Waals surface area contributed by atoms with Crippen LogP contribution in [-0.2, 0) is 14.3 Å². The Morgan fingerprint density at radius 1 is 1.25 bits per heavy atom. The van der Waals surface area contributed by atoms with E-state index in [1.807, 2.05) is 34.6 Å². The van der Waals surface area contributed by atoms with Gasteiger partial charge < -0.3 is 20.1 Å². The van der Waals surface area contributed by atoms with Crippen molar-refractivity contribution in [3.05, 3.63) is 0 Å². The van der Waals surface area contributed by atoms with Crippen molar-refractivity contribution in [1.29, 1.82) is 0 Å². The zero-order chi connectivity index (χ0) is 15.3. The summed E-state index contributed by atoms with van der Waals surface area (Å²) in [7, 11) is 0. The predicted octanol–water partition coefficient (Wildman–Crippen LogP) is 1.44. The maximum Gasteiger partial charge on any atom is 0.407 e. The number of rotatable bonds is 3. The molecule has 1 aliphatic rings. The van der Waals surface area contributed by atoms with Crippen molar-refractivity contribution in [2.24, 2.45) is 5.92 Å². The number of esters is 1. The van der Waals surface area contributed by atoms with Gasteiger partial charge in [-0.15, -0.1) is 0 Å². The van der Waals surface area contributed by atoms with Crippen molar-refractivity contribution in [1.82, 2.24) is 10.6 Å². The van der Waals surface area contributed by atoms with Crippen LogP contribution in [0.25, 0.3) is 0 Å². The molecule has 0 saturated carbocycles. The third-order valence-corrected chi connectivity index (χ3v) is 2.76. The van der Waals surface area contributed by atoms with E-state index in [1.165, 1.54) is 0 Å². The Hall–Kier alpha value is -1.30. The number of carbonyl (C=O) groups excluding carboxylic acids is 2. The minimum Gasteiger partial charge on any atom is -0.463 e. The zero-order valence-corrected chi connectivity index (χ0v) is 13.0. The molecule has 0 unspecified atom stereocenters. The lowest BCUT2D eigenvalue weighted by Gasteiger charge is -2.30. The molecule has 0 aromatic carbocycles. The minimum atomic E-state index is -0.526. The lowest BCUT2D eigenvalue weighted by Crippen LogP contribution is -2.51. The Bertz CT molecular complexity index is 350. The van der Waals surface area contributed by atoms with Crippen LogP contribution in [0.2, 0.25) is 0 Å². The summed E-state index contributed by atoms with van der Waals surface area (Å²) in [6, 6.07) is -0.122. The molecule has 0 aliphatic carbocycles. The SMILES string of the molecule is CC(C)OC(=O)[C@H]1CNC[C@@H](NC(=O)OC(C)(C)C)C1. The van der Waals surface area contributed by atoms with Gasteiger partial charge in [0.2, 0.25) is 0 Å². The molecule has 6 nitrogen and oxygen atoms in total. The normalized spacial score (nSPS) is 23.3. The monoisotopic (exact) mass is 286 g/mol. The first-order chi connectivity index (χ1) is 9.17. The average Bonchev–Trinajstić information content (AvgIpc) is 2.25. The second-order valence-electron chi connectivity index (χ2n) is 6.42. The fraction of sp³-hybridized carbons (Fsp3) is 0.857. The Morgan fingerprint density at radius 2 is 1.90 bits per heavy atom. The number of amides is 1. The van der Waals surface area contributed by atoms with Crippen LogP contribution >= 0.6 is 0 Å². The Balaban J connectivity index is 2.45. The highest BCUT2D eigenvalue weighted by Crippen LogP contribution is 2.14. The number of ether oxygens (including phenoxy) is 2. The van der Waals surface area contributed by atoms with Gasteiger partial charge in [0.25, 0.3) is 0 Å². The van der Waals surface area contributed by atoms with E-state index in [2.05, 4.69) is 10.6 Å². The number of hydrogen-bond donors (Lipinski definition) is 2. The molecule has 1 rings (SSSR count). The lowest BCUT2D eigenvalue weighted by atomic mass is 9.96. The molecule has 20 heavy (non-hydrogen) atoms. The van der Waals surface area contributed by atoms with Gasteiger partial charge in [-0.05, 0) is 41.0 Å². The molecule has 0 aromatic rings.